The Morgan fingerprint density at radius 1 is 1.11 bits per heavy atom. The summed E-state index contributed by atoms with van der Waals surface area (Å²) in [6.45, 7) is 0.548. The van der Waals surface area contributed by atoms with Crippen LogP contribution in [0.2, 0.25) is 0 Å². The van der Waals surface area contributed by atoms with Crippen LogP contribution in [0, 0.1) is 6.92 Å². The Morgan fingerprint density at radius 3 is 2.59 bits per heavy atom. The molecule has 27 heavy (non-hydrogen) atoms. The second-order valence-electron chi connectivity index (χ2n) is 5.72. The first kappa shape index (κ1) is 19.0. The highest BCUT2D eigenvalue weighted by Gasteiger charge is 2.19. The molecule has 0 saturated carbocycles. The number of ether oxygens (including phenoxy) is 1. The molecule has 1 amide bonds. The minimum Gasteiger partial charge on any atom is -0.433 e. The summed E-state index contributed by atoms with van der Waals surface area (Å²) in [6.07, 6.45) is 0. The number of thioether (sulfide) groups is 1. The summed E-state index contributed by atoms with van der Waals surface area (Å²) in [4.78, 5) is 21.4. The van der Waals surface area contributed by atoms with E-state index in [9.17, 15) is 13.6 Å². The van der Waals surface area contributed by atoms with Gasteiger partial charge in [0.1, 0.15) is 16.6 Å². The van der Waals surface area contributed by atoms with Gasteiger partial charge in [-0.3, -0.25) is 4.79 Å². The maximum absolute atomic E-state index is 12.6. The number of amides is 1. The SMILES string of the molecule is Cc1nc(S[C@@H](C)C(=O)Nc2ccccc2OC(F)F)c2ccccc2n1. The first-order valence-electron chi connectivity index (χ1n) is 8.19. The van der Waals surface area contributed by atoms with Crippen LogP contribution < -0.4 is 10.1 Å². The van der Waals surface area contributed by atoms with Crippen LogP contribution in [-0.2, 0) is 4.79 Å². The quantitative estimate of drug-likeness (QED) is 0.491. The third-order valence-electron chi connectivity index (χ3n) is 3.70. The van der Waals surface area contributed by atoms with Crippen LogP contribution in [0.4, 0.5) is 14.5 Å². The Labute approximate surface area is 159 Å². The van der Waals surface area contributed by atoms with Gasteiger partial charge in [0.25, 0.3) is 0 Å². The number of carbonyl (C=O) groups excluding carboxylic acids is 1. The number of hydrogen-bond acceptors (Lipinski definition) is 5. The summed E-state index contributed by atoms with van der Waals surface area (Å²) < 4.78 is 29.5. The van der Waals surface area contributed by atoms with Crippen molar-refractivity contribution in [3.8, 4) is 5.75 Å². The number of alkyl halides is 2. The molecule has 0 aliphatic carbocycles. The lowest BCUT2D eigenvalue weighted by Gasteiger charge is -2.15. The van der Waals surface area contributed by atoms with Gasteiger partial charge in [0, 0.05) is 5.39 Å². The van der Waals surface area contributed by atoms with Crippen molar-refractivity contribution in [1.82, 2.24) is 9.97 Å². The fourth-order valence-corrected chi connectivity index (χ4v) is 3.46. The summed E-state index contributed by atoms with van der Waals surface area (Å²) in [5.41, 5.74) is 0.995. The predicted molar refractivity (Wildman–Crippen MR) is 101 cm³/mol. The molecule has 1 heterocycles. The Balaban J connectivity index is 1.78. The Hall–Kier alpha value is -2.74. The van der Waals surface area contributed by atoms with Crippen molar-refractivity contribution >= 4 is 34.3 Å². The molecule has 2 aromatic carbocycles. The van der Waals surface area contributed by atoms with Crippen LogP contribution in [-0.4, -0.2) is 27.7 Å². The van der Waals surface area contributed by atoms with Crippen molar-refractivity contribution in [1.29, 1.82) is 0 Å². The van der Waals surface area contributed by atoms with E-state index in [1.807, 2.05) is 24.3 Å². The summed E-state index contributed by atoms with van der Waals surface area (Å²) in [5, 5.41) is 3.67. The van der Waals surface area contributed by atoms with Crippen LogP contribution in [0.25, 0.3) is 10.9 Å². The average molecular weight is 389 g/mol. The van der Waals surface area contributed by atoms with Gasteiger partial charge >= 0.3 is 6.61 Å². The molecule has 8 heteroatoms. The number of carbonyl (C=O) groups is 1. The first-order chi connectivity index (χ1) is 12.9. The van der Waals surface area contributed by atoms with E-state index in [0.29, 0.717) is 10.9 Å². The van der Waals surface area contributed by atoms with Gasteiger partial charge in [-0.2, -0.15) is 8.78 Å². The molecule has 1 N–H and O–H groups in total. The predicted octanol–water partition coefficient (Wildman–Crippen LogP) is 4.66. The molecule has 3 rings (SSSR count). The maximum atomic E-state index is 12.6. The highest BCUT2D eigenvalue weighted by atomic mass is 32.2. The molecular weight excluding hydrogens is 372 g/mol. The number of nitrogens with zero attached hydrogens (tertiary/aromatic N) is 2. The van der Waals surface area contributed by atoms with Gasteiger partial charge in [-0.05, 0) is 32.0 Å². The number of benzene rings is 2. The molecule has 140 valence electrons. The molecular formula is C19H17F2N3O2S. The highest BCUT2D eigenvalue weighted by Crippen LogP contribution is 2.30. The van der Waals surface area contributed by atoms with E-state index in [1.165, 1.54) is 23.9 Å². The van der Waals surface area contributed by atoms with Crippen molar-refractivity contribution in [3.05, 3.63) is 54.4 Å². The van der Waals surface area contributed by atoms with Crippen LogP contribution in [0.1, 0.15) is 12.7 Å². The molecule has 0 unspecified atom stereocenters. The molecule has 0 fully saturated rings. The van der Waals surface area contributed by atoms with E-state index in [1.54, 1.807) is 26.0 Å². The fraction of sp³-hybridized carbons (Fsp3) is 0.211. The number of nitrogens with one attached hydrogen (secondary N) is 1. The monoisotopic (exact) mass is 389 g/mol. The van der Waals surface area contributed by atoms with Crippen molar-refractivity contribution in [2.75, 3.05) is 5.32 Å². The lowest BCUT2D eigenvalue weighted by atomic mass is 10.2. The highest BCUT2D eigenvalue weighted by molar-refractivity contribution is 8.00. The molecule has 0 aliphatic heterocycles. The Morgan fingerprint density at radius 2 is 1.81 bits per heavy atom. The Bertz CT molecular complexity index is 969. The van der Waals surface area contributed by atoms with Gasteiger partial charge in [-0.1, -0.05) is 42.1 Å². The van der Waals surface area contributed by atoms with E-state index in [0.717, 1.165) is 10.9 Å². The van der Waals surface area contributed by atoms with Crippen molar-refractivity contribution in [2.24, 2.45) is 0 Å². The van der Waals surface area contributed by atoms with E-state index in [4.69, 9.17) is 0 Å². The molecule has 0 spiro atoms. The molecule has 0 bridgehead atoms. The normalized spacial score (nSPS) is 12.2. The van der Waals surface area contributed by atoms with Gasteiger partial charge in [-0.15, -0.1) is 0 Å². The van der Waals surface area contributed by atoms with E-state index >= 15 is 0 Å². The van der Waals surface area contributed by atoms with Crippen LogP contribution in [0.3, 0.4) is 0 Å². The summed E-state index contributed by atoms with van der Waals surface area (Å²) in [7, 11) is 0. The van der Waals surface area contributed by atoms with Gasteiger partial charge in [-0.25, -0.2) is 9.97 Å². The van der Waals surface area contributed by atoms with Crippen LogP contribution >= 0.6 is 11.8 Å². The zero-order valence-electron chi connectivity index (χ0n) is 14.6. The second kappa shape index (κ2) is 8.30. The topological polar surface area (TPSA) is 64.1 Å². The minimum atomic E-state index is -2.97. The fourth-order valence-electron chi connectivity index (χ4n) is 2.47. The minimum absolute atomic E-state index is 0.0821. The van der Waals surface area contributed by atoms with Crippen molar-refractivity contribution in [3.63, 3.8) is 0 Å². The zero-order valence-corrected chi connectivity index (χ0v) is 15.5. The molecule has 0 saturated heterocycles. The van der Waals surface area contributed by atoms with Crippen LogP contribution in [0.5, 0.6) is 5.75 Å². The molecule has 3 aromatic rings. The van der Waals surface area contributed by atoms with Crippen LogP contribution in [0.15, 0.2) is 53.6 Å². The number of para-hydroxylation sites is 3. The molecule has 0 aliphatic rings. The number of fused-ring (bicyclic) bond motifs is 1. The lowest BCUT2D eigenvalue weighted by Crippen LogP contribution is -2.23. The Kier molecular flexibility index (Phi) is 5.85. The third-order valence-corrected chi connectivity index (χ3v) is 4.80. The number of rotatable bonds is 6. The number of halogens is 2. The second-order valence-corrected chi connectivity index (χ2v) is 7.05. The first-order valence-corrected chi connectivity index (χ1v) is 9.07. The van der Waals surface area contributed by atoms with Gasteiger partial charge < -0.3 is 10.1 Å². The van der Waals surface area contributed by atoms with Crippen molar-refractivity contribution in [2.45, 2.75) is 30.7 Å². The smallest absolute Gasteiger partial charge is 0.387 e. The van der Waals surface area contributed by atoms with E-state index < -0.39 is 11.9 Å². The standard InChI is InChI=1S/C19H17F2N3O2S/c1-11(17(25)24-15-9-5-6-10-16(15)26-19(20)21)27-18-13-7-3-4-8-14(13)22-12(2)23-18/h3-11,19H,1-2H3,(H,24,25)/t11-/m0/s1. The summed E-state index contributed by atoms with van der Waals surface area (Å²) in [5.74, 6) is 0.187. The average Bonchev–Trinajstić information content (AvgIpc) is 2.62. The number of anilines is 1. The molecule has 1 aromatic heterocycles. The summed E-state index contributed by atoms with van der Waals surface area (Å²) in [6, 6.07) is 13.6. The molecule has 0 radical (unpaired) electrons. The number of hydrogen-bond donors (Lipinski definition) is 1. The molecule has 5 nitrogen and oxygen atoms in total. The largest absolute Gasteiger partial charge is 0.433 e. The van der Waals surface area contributed by atoms with Gasteiger partial charge in [0.05, 0.1) is 16.5 Å². The summed E-state index contributed by atoms with van der Waals surface area (Å²) >= 11 is 1.28. The lowest BCUT2D eigenvalue weighted by molar-refractivity contribution is -0.115. The zero-order chi connectivity index (χ0) is 19.4. The van der Waals surface area contributed by atoms with Crippen molar-refractivity contribution < 1.29 is 18.3 Å². The van der Waals surface area contributed by atoms with Gasteiger partial charge in [0.15, 0.2) is 0 Å². The van der Waals surface area contributed by atoms with E-state index in [2.05, 4.69) is 20.0 Å². The number of aromatic nitrogens is 2. The molecule has 1 atom stereocenters. The maximum Gasteiger partial charge on any atom is 0.387 e. The van der Waals surface area contributed by atoms with E-state index in [-0.39, 0.29) is 17.3 Å². The number of aryl methyl sites for hydroxylation is 1. The van der Waals surface area contributed by atoms with Gasteiger partial charge in [0.2, 0.25) is 5.91 Å². The third kappa shape index (κ3) is 4.71.